The minimum Gasteiger partial charge on any atom is -0.337 e. The monoisotopic (exact) mass is 274 g/mol. The molecule has 1 amide bonds. The van der Waals surface area contributed by atoms with Gasteiger partial charge in [0.05, 0.1) is 5.92 Å². The summed E-state index contributed by atoms with van der Waals surface area (Å²) in [5, 5.41) is 0. The molecule has 20 heavy (non-hydrogen) atoms. The van der Waals surface area contributed by atoms with Gasteiger partial charge in [-0.05, 0) is 38.7 Å². The van der Waals surface area contributed by atoms with E-state index in [0.717, 1.165) is 18.4 Å². The molecule has 110 valence electrons. The number of nitrogens with two attached hydrogens (primary N) is 1. The number of hydrogen-bond donors (Lipinski definition) is 1. The van der Waals surface area contributed by atoms with Crippen LogP contribution in [0.1, 0.15) is 51.6 Å². The number of nitrogens with zero attached hydrogens (tertiary/aromatic N) is 1. The third kappa shape index (κ3) is 3.04. The van der Waals surface area contributed by atoms with Gasteiger partial charge in [0.2, 0.25) is 5.91 Å². The molecular formula is C17H26N2O. The van der Waals surface area contributed by atoms with E-state index in [2.05, 4.69) is 18.7 Å². The average molecular weight is 274 g/mol. The zero-order valence-electron chi connectivity index (χ0n) is 12.8. The lowest BCUT2D eigenvalue weighted by molar-refractivity contribution is -0.142. The second-order valence-corrected chi connectivity index (χ2v) is 6.15. The van der Waals surface area contributed by atoms with Gasteiger partial charge in [0.15, 0.2) is 0 Å². The highest BCUT2D eigenvalue weighted by Crippen LogP contribution is 2.30. The molecule has 0 heterocycles. The van der Waals surface area contributed by atoms with Gasteiger partial charge in [-0.1, -0.05) is 37.3 Å². The second-order valence-electron chi connectivity index (χ2n) is 6.15. The fraction of sp³-hybridized carbons (Fsp3) is 0.588. The summed E-state index contributed by atoms with van der Waals surface area (Å²) in [5.41, 5.74) is 7.32. The molecule has 2 unspecified atom stereocenters. The molecule has 1 aliphatic rings. The first-order chi connectivity index (χ1) is 9.52. The number of carbonyl (C=O) groups excluding carboxylic acids is 1. The molecule has 1 fully saturated rings. The number of benzene rings is 1. The van der Waals surface area contributed by atoms with Crippen molar-refractivity contribution in [3.05, 3.63) is 35.9 Å². The topological polar surface area (TPSA) is 46.3 Å². The van der Waals surface area contributed by atoms with Gasteiger partial charge in [0.25, 0.3) is 0 Å². The number of rotatable bonds is 5. The molecule has 0 spiro atoms. The molecule has 3 heteroatoms. The lowest BCUT2D eigenvalue weighted by Crippen LogP contribution is -2.51. The summed E-state index contributed by atoms with van der Waals surface area (Å²) >= 11 is 0. The van der Waals surface area contributed by atoms with Crippen LogP contribution in [0.5, 0.6) is 0 Å². The molecule has 1 aliphatic carbocycles. The smallest absolute Gasteiger partial charge is 0.227 e. The molecule has 1 aromatic rings. The summed E-state index contributed by atoms with van der Waals surface area (Å²) in [5.74, 6) is 0.0152. The molecule has 0 bridgehead atoms. The largest absolute Gasteiger partial charge is 0.337 e. The quantitative estimate of drug-likeness (QED) is 0.896. The Hall–Kier alpha value is -1.35. The third-order valence-electron chi connectivity index (χ3n) is 4.39. The second kappa shape index (κ2) is 6.40. The van der Waals surface area contributed by atoms with Gasteiger partial charge in [-0.3, -0.25) is 4.79 Å². The van der Waals surface area contributed by atoms with E-state index in [9.17, 15) is 4.79 Å². The van der Waals surface area contributed by atoms with Gasteiger partial charge in [-0.25, -0.2) is 0 Å². The molecule has 2 rings (SSSR count). The van der Waals surface area contributed by atoms with E-state index >= 15 is 0 Å². The van der Waals surface area contributed by atoms with E-state index in [1.807, 2.05) is 37.3 Å². The van der Waals surface area contributed by atoms with Crippen molar-refractivity contribution in [1.29, 1.82) is 0 Å². The zero-order chi connectivity index (χ0) is 14.7. The van der Waals surface area contributed by atoms with Crippen molar-refractivity contribution in [3.63, 3.8) is 0 Å². The fourth-order valence-corrected chi connectivity index (χ4v) is 2.87. The van der Waals surface area contributed by atoms with E-state index in [1.54, 1.807) is 0 Å². The minimum atomic E-state index is -0.231. The average Bonchev–Trinajstić information content (AvgIpc) is 2.40. The van der Waals surface area contributed by atoms with Gasteiger partial charge >= 0.3 is 0 Å². The van der Waals surface area contributed by atoms with Crippen LogP contribution < -0.4 is 5.73 Å². The molecular weight excluding hydrogens is 248 g/mol. The Balaban J connectivity index is 2.10. The molecule has 2 atom stereocenters. The Morgan fingerprint density at radius 1 is 1.20 bits per heavy atom. The highest BCUT2D eigenvalue weighted by atomic mass is 16.2. The maximum Gasteiger partial charge on any atom is 0.227 e. The van der Waals surface area contributed by atoms with Crippen LogP contribution >= 0.6 is 0 Å². The van der Waals surface area contributed by atoms with Crippen LogP contribution in [0.4, 0.5) is 0 Å². The standard InChI is InChI=1S/C17H26N2O/c1-12(2)19(15-10-7-11-15)17(20)13(3)16(18)14-8-5-4-6-9-14/h4-6,8-9,12-13,15-16H,7,10-11,18H2,1-3H3. The van der Waals surface area contributed by atoms with Crippen molar-refractivity contribution in [2.24, 2.45) is 11.7 Å². The van der Waals surface area contributed by atoms with Crippen LogP contribution in [0.25, 0.3) is 0 Å². The molecule has 0 aromatic heterocycles. The summed E-state index contributed by atoms with van der Waals surface area (Å²) in [6, 6.07) is 10.3. The van der Waals surface area contributed by atoms with Crippen molar-refractivity contribution in [2.75, 3.05) is 0 Å². The predicted octanol–water partition coefficient (Wildman–Crippen LogP) is 3.11. The van der Waals surface area contributed by atoms with Crippen molar-refractivity contribution in [1.82, 2.24) is 4.90 Å². The molecule has 2 N–H and O–H groups in total. The maximum absolute atomic E-state index is 12.8. The molecule has 1 saturated carbocycles. The van der Waals surface area contributed by atoms with Gasteiger partial charge in [-0.2, -0.15) is 0 Å². The summed E-state index contributed by atoms with van der Waals surface area (Å²) in [6.07, 6.45) is 3.51. The number of hydrogen-bond acceptors (Lipinski definition) is 2. The summed E-state index contributed by atoms with van der Waals surface area (Å²) in [4.78, 5) is 14.8. The number of carbonyl (C=O) groups is 1. The molecule has 1 aromatic carbocycles. The molecule has 3 nitrogen and oxygen atoms in total. The molecule has 0 radical (unpaired) electrons. The van der Waals surface area contributed by atoms with E-state index in [0.29, 0.717) is 6.04 Å². The van der Waals surface area contributed by atoms with Gasteiger partial charge in [-0.15, -0.1) is 0 Å². The lowest BCUT2D eigenvalue weighted by Gasteiger charge is -2.42. The first kappa shape index (κ1) is 15.0. The predicted molar refractivity (Wildman–Crippen MR) is 82.2 cm³/mol. The first-order valence-electron chi connectivity index (χ1n) is 7.65. The van der Waals surface area contributed by atoms with E-state index in [-0.39, 0.29) is 23.9 Å². The van der Waals surface area contributed by atoms with Gasteiger partial charge in [0.1, 0.15) is 0 Å². The van der Waals surface area contributed by atoms with Crippen molar-refractivity contribution in [2.45, 2.75) is 58.2 Å². The Kier molecular flexibility index (Phi) is 4.81. The lowest BCUT2D eigenvalue weighted by atomic mass is 9.87. The third-order valence-corrected chi connectivity index (χ3v) is 4.39. The van der Waals surface area contributed by atoms with Crippen LogP contribution in [-0.2, 0) is 4.79 Å². The Morgan fingerprint density at radius 2 is 1.80 bits per heavy atom. The first-order valence-corrected chi connectivity index (χ1v) is 7.65. The number of amides is 1. The van der Waals surface area contributed by atoms with Crippen LogP contribution in [0.3, 0.4) is 0 Å². The fourth-order valence-electron chi connectivity index (χ4n) is 2.87. The van der Waals surface area contributed by atoms with Crippen molar-refractivity contribution >= 4 is 5.91 Å². The van der Waals surface area contributed by atoms with Crippen LogP contribution in [-0.4, -0.2) is 22.9 Å². The maximum atomic E-state index is 12.8. The minimum absolute atomic E-state index is 0.180. The Morgan fingerprint density at radius 3 is 2.25 bits per heavy atom. The SMILES string of the molecule is CC(C(=O)N(C(C)C)C1CCC1)C(N)c1ccccc1. The normalized spacial score (nSPS) is 18.4. The Labute approximate surface area is 122 Å². The van der Waals surface area contributed by atoms with Crippen molar-refractivity contribution in [3.8, 4) is 0 Å². The zero-order valence-corrected chi connectivity index (χ0v) is 12.8. The summed E-state index contributed by atoms with van der Waals surface area (Å²) in [7, 11) is 0. The highest BCUT2D eigenvalue weighted by Gasteiger charge is 2.35. The Bertz CT molecular complexity index is 440. The van der Waals surface area contributed by atoms with Crippen LogP contribution in [0, 0.1) is 5.92 Å². The van der Waals surface area contributed by atoms with Crippen LogP contribution in [0.2, 0.25) is 0 Å². The van der Waals surface area contributed by atoms with Gasteiger partial charge in [0, 0.05) is 18.1 Å². The van der Waals surface area contributed by atoms with Crippen LogP contribution in [0.15, 0.2) is 30.3 Å². The summed E-state index contributed by atoms with van der Waals surface area (Å²) in [6.45, 7) is 6.14. The molecule has 0 aliphatic heterocycles. The summed E-state index contributed by atoms with van der Waals surface area (Å²) < 4.78 is 0. The highest BCUT2D eigenvalue weighted by molar-refractivity contribution is 5.80. The van der Waals surface area contributed by atoms with E-state index < -0.39 is 0 Å². The van der Waals surface area contributed by atoms with E-state index in [4.69, 9.17) is 5.73 Å². The van der Waals surface area contributed by atoms with E-state index in [1.165, 1.54) is 6.42 Å². The molecule has 0 saturated heterocycles. The van der Waals surface area contributed by atoms with Crippen molar-refractivity contribution < 1.29 is 4.79 Å². The van der Waals surface area contributed by atoms with Gasteiger partial charge < -0.3 is 10.6 Å².